The van der Waals surface area contributed by atoms with E-state index in [0.29, 0.717) is 55.6 Å². The van der Waals surface area contributed by atoms with Crippen molar-refractivity contribution in [2.75, 3.05) is 37.4 Å². The summed E-state index contributed by atoms with van der Waals surface area (Å²) in [6.07, 6.45) is 7.37. The minimum atomic E-state index is -0.721. The smallest absolute Gasteiger partial charge is 0.225 e. The minimum absolute atomic E-state index is 0.0308. The van der Waals surface area contributed by atoms with Crippen molar-refractivity contribution in [3.63, 3.8) is 0 Å². The Hall–Kier alpha value is -3.38. The molecule has 10 nitrogen and oxygen atoms in total. The van der Waals surface area contributed by atoms with E-state index in [-0.39, 0.29) is 35.7 Å². The van der Waals surface area contributed by atoms with Crippen molar-refractivity contribution in [1.29, 1.82) is 0 Å². The monoisotopic (exact) mass is 571 g/mol. The van der Waals surface area contributed by atoms with Crippen molar-refractivity contribution in [1.82, 2.24) is 24.4 Å². The molecule has 2 aliphatic rings. The lowest BCUT2D eigenvalue weighted by atomic mass is 9.85. The third-order valence-electron chi connectivity index (χ3n) is 8.31. The fourth-order valence-corrected chi connectivity index (χ4v) is 5.97. The van der Waals surface area contributed by atoms with Gasteiger partial charge < -0.3 is 25.4 Å². The largest absolute Gasteiger partial charge is 0.393 e. The molecule has 0 aliphatic heterocycles. The number of carbonyl (C=O) groups is 1. The van der Waals surface area contributed by atoms with Crippen LogP contribution in [0.3, 0.4) is 0 Å². The summed E-state index contributed by atoms with van der Waals surface area (Å²) in [7, 11) is 1.63. The van der Waals surface area contributed by atoms with Crippen LogP contribution in [-0.2, 0) is 9.53 Å². The predicted octanol–water partition coefficient (Wildman–Crippen LogP) is 4.79. The molecule has 0 radical (unpaired) electrons. The number of benzene rings is 1. The summed E-state index contributed by atoms with van der Waals surface area (Å²) >= 11 is 0. The average molecular weight is 572 g/mol. The molecule has 2 aromatic heterocycles. The highest BCUT2D eigenvalue weighted by atomic mass is 19.1. The molecule has 12 heteroatoms. The molecular formula is C29H39F2N7O3. The molecule has 5 rings (SSSR count). The maximum atomic E-state index is 14.6. The number of fused-ring (bicyclic) bond motifs is 1. The number of ether oxygens (including phenoxy) is 1. The van der Waals surface area contributed by atoms with Crippen molar-refractivity contribution in [3.8, 4) is 0 Å². The van der Waals surface area contributed by atoms with Gasteiger partial charge >= 0.3 is 0 Å². The van der Waals surface area contributed by atoms with Gasteiger partial charge in [-0.25, -0.2) is 18.7 Å². The van der Waals surface area contributed by atoms with E-state index in [1.807, 2.05) is 16.4 Å². The maximum Gasteiger partial charge on any atom is 0.225 e. The number of likely N-dealkylation sites (N-methyl/N-ethyl adjacent to an activating group) is 1. The van der Waals surface area contributed by atoms with Crippen LogP contribution in [0.4, 0.5) is 26.4 Å². The lowest BCUT2D eigenvalue weighted by Gasteiger charge is -2.33. The molecule has 2 aliphatic carbocycles. The first-order valence-corrected chi connectivity index (χ1v) is 14.6. The van der Waals surface area contributed by atoms with Crippen molar-refractivity contribution in [3.05, 3.63) is 36.0 Å². The Bertz CT molecular complexity index is 1340. The number of nitrogens with one attached hydrogen (secondary N) is 2. The van der Waals surface area contributed by atoms with Gasteiger partial charge in [0.25, 0.3) is 0 Å². The van der Waals surface area contributed by atoms with Gasteiger partial charge in [0.2, 0.25) is 17.8 Å². The molecule has 1 amide bonds. The van der Waals surface area contributed by atoms with E-state index < -0.39 is 11.6 Å². The number of hydrogen-bond acceptors (Lipinski definition) is 8. The zero-order valence-corrected chi connectivity index (χ0v) is 23.7. The first kappa shape index (κ1) is 29.1. The molecule has 2 saturated carbocycles. The summed E-state index contributed by atoms with van der Waals surface area (Å²) in [5.74, 6) is -0.439. The minimum Gasteiger partial charge on any atom is -0.393 e. The number of imidazole rings is 1. The Kier molecular flexibility index (Phi) is 9.29. The highest BCUT2D eigenvalue weighted by Gasteiger charge is 2.32. The lowest BCUT2D eigenvalue weighted by molar-refractivity contribution is -0.137. The summed E-state index contributed by atoms with van der Waals surface area (Å²) in [5.41, 5.74) is 1.26. The molecule has 0 unspecified atom stereocenters. The summed E-state index contributed by atoms with van der Waals surface area (Å²) < 4.78 is 35.3. The fourth-order valence-electron chi connectivity index (χ4n) is 5.97. The van der Waals surface area contributed by atoms with Gasteiger partial charge in [0, 0.05) is 44.3 Å². The van der Waals surface area contributed by atoms with Crippen molar-refractivity contribution in [2.45, 2.75) is 76.5 Å². The highest BCUT2D eigenvalue weighted by Crippen LogP contribution is 2.38. The van der Waals surface area contributed by atoms with E-state index in [9.17, 15) is 18.7 Å². The SMILES string of the molecule is CCN(CCOC)C(=O)[C@H]1CC[C@@H](n2c(Nc3ccc(F)cc3F)nc3cnc(N[C@H]4CC[C@H](O)CC4)nc32)CC1. The number of hydrogen-bond donors (Lipinski definition) is 3. The van der Waals surface area contributed by atoms with E-state index in [1.54, 1.807) is 13.3 Å². The van der Waals surface area contributed by atoms with E-state index >= 15 is 0 Å². The molecule has 222 valence electrons. The van der Waals surface area contributed by atoms with Crippen LogP contribution in [0.2, 0.25) is 0 Å². The zero-order valence-electron chi connectivity index (χ0n) is 23.7. The lowest BCUT2D eigenvalue weighted by Crippen LogP contribution is -2.39. The van der Waals surface area contributed by atoms with Crippen LogP contribution in [0.15, 0.2) is 24.4 Å². The van der Waals surface area contributed by atoms with Crippen LogP contribution in [0, 0.1) is 17.6 Å². The van der Waals surface area contributed by atoms with Crippen LogP contribution >= 0.6 is 0 Å². The van der Waals surface area contributed by atoms with Gasteiger partial charge in [-0.05, 0) is 70.4 Å². The molecule has 2 fully saturated rings. The highest BCUT2D eigenvalue weighted by molar-refractivity contribution is 5.79. The molecule has 2 heterocycles. The number of carbonyl (C=O) groups excluding carboxylic acids is 1. The topological polar surface area (TPSA) is 117 Å². The number of nitrogens with zero attached hydrogens (tertiary/aromatic N) is 5. The summed E-state index contributed by atoms with van der Waals surface area (Å²) in [6, 6.07) is 3.51. The van der Waals surface area contributed by atoms with Gasteiger partial charge in [0.1, 0.15) is 17.2 Å². The van der Waals surface area contributed by atoms with Crippen molar-refractivity contribution in [2.24, 2.45) is 5.92 Å². The van der Waals surface area contributed by atoms with Gasteiger partial charge in [0.15, 0.2) is 5.65 Å². The number of anilines is 3. The van der Waals surface area contributed by atoms with Gasteiger partial charge in [-0.2, -0.15) is 4.98 Å². The number of aromatic nitrogens is 4. The van der Waals surface area contributed by atoms with E-state index in [0.717, 1.165) is 44.6 Å². The molecule has 0 spiro atoms. The Labute approximate surface area is 238 Å². The predicted molar refractivity (Wildman–Crippen MR) is 152 cm³/mol. The third-order valence-corrected chi connectivity index (χ3v) is 8.31. The van der Waals surface area contributed by atoms with E-state index in [4.69, 9.17) is 14.7 Å². The molecule has 3 N–H and O–H groups in total. The second kappa shape index (κ2) is 13.1. The standard InChI is InChI=1S/C29H39F2N7O3/c1-3-37(14-15-41-2)27(40)18-4-9-21(10-5-18)38-26-25(35-29(38)34-24-13-6-19(30)16-23(24)31)17-32-28(36-26)33-20-7-11-22(39)12-8-20/h6,13,16-18,20-22,39H,3-5,7-12,14-15H2,1-2H3,(H,34,35)(H,32,33,36)/t18-,20-,21+,22-. The third kappa shape index (κ3) is 6.75. The number of rotatable bonds is 10. The van der Waals surface area contributed by atoms with Crippen LogP contribution in [-0.4, -0.2) is 74.4 Å². The van der Waals surface area contributed by atoms with Crippen LogP contribution in [0.5, 0.6) is 0 Å². The van der Waals surface area contributed by atoms with Crippen LogP contribution < -0.4 is 10.6 Å². The second-order valence-corrected chi connectivity index (χ2v) is 11.0. The van der Waals surface area contributed by atoms with Crippen LogP contribution in [0.1, 0.15) is 64.3 Å². The van der Waals surface area contributed by atoms with E-state index in [2.05, 4.69) is 15.6 Å². The van der Waals surface area contributed by atoms with Crippen LogP contribution in [0.25, 0.3) is 11.2 Å². The van der Waals surface area contributed by atoms with E-state index in [1.165, 1.54) is 12.1 Å². The van der Waals surface area contributed by atoms with Gasteiger partial charge in [0.05, 0.1) is 24.6 Å². The molecule has 0 bridgehead atoms. The molecular weight excluding hydrogens is 532 g/mol. The number of halogens is 2. The Morgan fingerprint density at radius 2 is 1.88 bits per heavy atom. The zero-order chi connectivity index (χ0) is 28.9. The molecule has 0 atom stereocenters. The number of amides is 1. The van der Waals surface area contributed by atoms with Crippen molar-refractivity contribution < 1.29 is 23.4 Å². The fraction of sp³-hybridized carbons (Fsp3) is 0.586. The maximum absolute atomic E-state index is 14.6. The van der Waals surface area contributed by atoms with Gasteiger partial charge in [-0.3, -0.25) is 9.36 Å². The van der Waals surface area contributed by atoms with Crippen molar-refractivity contribution >= 4 is 34.7 Å². The normalized spacial score (nSPS) is 23.0. The molecule has 3 aromatic rings. The molecule has 1 aromatic carbocycles. The second-order valence-electron chi connectivity index (χ2n) is 11.0. The summed E-state index contributed by atoms with van der Waals surface area (Å²) in [6.45, 7) is 3.69. The molecule has 41 heavy (non-hydrogen) atoms. The number of methoxy groups -OCH3 is 1. The first-order valence-electron chi connectivity index (χ1n) is 14.6. The Morgan fingerprint density at radius 1 is 1.12 bits per heavy atom. The number of aliphatic hydroxyl groups excluding tert-OH is 1. The average Bonchev–Trinajstić information content (AvgIpc) is 3.33. The summed E-state index contributed by atoms with van der Waals surface area (Å²) in [5, 5.41) is 16.3. The summed E-state index contributed by atoms with van der Waals surface area (Å²) in [4.78, 5) is 29.0. The number of aliphatic hydroxyl groups is 1. The quantitative estimate of drug-likeness (QED) is 0.318. The van der Waals surface area contributed by atoms with Gasteiger partial charge in [-0.1, -0.05) is 0 Å². The first-order chi connectivity index (χ1) is 19.9. The Morgan fingerprint density at radius 3 is 2.56 bits per heavy atom. The Balaban J connectivity index is 1.41. The van der Waals surface area contributed by atoms with Gasteiger partial charge in [-0.15, -0.1) is 0 Å². The molecule has 0 saturated heterocycles.